The summed E-state index contributed by atoms with van der Waals surface area (Å²) in [6, 6.07) is 7.37. The number of benzene rings is 1. The van der Waals surface area contributed by atoms with Crippen LogP contribution >= 0.6 is 22.6 Å². The predicted molar refractivity (Wildman–Crippen MR) is 82.2 cm³/mol. The Kier molecular flexibility index (Phi) is 4.85. The van der Waals surface area contributed by atoms with Crippen LogP contribution in [0.2, 0.25) is 0 Å². The van der Waals surface area contributed by atoms with Gasteiger partial charge in [0.05, 0.1) is 5.75 Å². The van der Waals surface area contributed by atoms with Crippen LogP contribution in [0.3, 0.4) is 0 Å². The van der Waals surface area contributed by atoms with E-state index in [9.17, 15) is 8.42 Å². The Bertz CT molecular complexity index is 481. The molecule has 0 radical (unpaired) electrons. The molecule has 0 aliphatic carbocycles. The quantitative estimate of drug-likeness (QED) is 0.786. The summed E-state index contributed by atoms with van der Waals surface area (Å²) >= 11 is 2.19. The minimum atomic E-state index is -3.23. The molecule has 4 nitrogen and oxygen atoms in total. The van der Waals surface area contributed by atoms with Crippen molar-refractivity contribution in [3.8, 4) is 0 Å². The first-order valence-electron chi connectivity index (χ1n) is 6.02. The van der Waals surface area contributed by atoms with Gasteiger partial charge in [-0.3, -0.25) is 4.72 Å². The third kappa shape index (κ3) is 4.40. The molecule has 1 aromatic carbocycles. The largest absolute Gasteiger partial charge is 0.317 e. The molecule has 6 heteroatoms. The second-order valence-electron chi connectivity index (χ2n) is 4.58. The topological polar surface area (TPSA) is 58.2 Å². The van der Waals surface area contributed by atoms with Gasteiger partial charge in [-0.1, -0.05) is 0 Å². The molecule has 1 fully saturated rings. The lowest BCUT2D eigenvalue weighted by Gasteiger charge is -2.22. The summed E-state index contributed by atoms with van der Waals surface area (Å²) in [5.74, 6) is 0.494. The van der Waals surface area contributed by atoms with Gasteiger partial charge >= 0.3 is 0 Å². The lowest BCUT2D eigenvalue weighted by atomic mass is 10.0. The Morgan fingerprint density at radius 1 is 1.22 bits per heavy atom. The molecule has 2 N–H and O–H groups in total. The van der Waals surface area contributed by atoms with Crippen molar-refractivity contribution >= 4 is 38.3 Å². The molecule has 1 heterocycles. The van der Waals surface area contributed by atoms with Gasteiger partial charge in [0, 0.05) is 9.26 Å². The van der Waals surface area contributed by atoms with E-state index in [0.29, 0.717) is 5.69 Å². The standard InChI is InChI=1S/C12H17IN2O2S/c13-11-1-3-12(4-2-11)15-18(16,17)9-10-5-7-14-8-6-10/h1-4,10,14-15H,5-9H2. The first-order valence-corrected chi connectivity index (χ1v) is 8.75. The van der Waals surface area contributed by atoms with Gasteiger partial charge in [-0.15, -0.1) is 0 Å². The average Bonchev–Trinajstić information content (AvgIpc) is 2.32. The Balaban J connectivity index is 1.96. The van der Waals surface area contributed by atoms with E-state index in [4.69, 9.17) is 0 Å². The van der Waals surface area contributed by atoms with E-state index in [1.807, 2.05) is 12.1 Å². The van der Waals surface area contributed by atoms with Crippen LogP contribution < -0.4 is 10.0 Å². The van der Waals surface area contributed by atoms with Gasteiger partial charge in [-0.25, -0.2) is 8.42 Å². The maximum atomic E-state index is 12.0. The fourth-order valence-electron chi connectivity index (χ4n) is 2.10. The summed E-state index contributed by atoms with van der Waals surface area (Å²) in [6.45, 7) is 1.84. The van der Waals surface area contributed by atoms with E-state index in [0.717, 1.165) is 29.5 Å². The van der Waals surface area contributed by atoms with Crippen molar-refractivity contribution in [1.82, 2.24) is 5.32 Å². The molecule has 18 heavy (non-hydrogen) atoms. The summed E-state index contributed by atoms with van der Waals surface area (Å²) in [5, 5.41) is 3.24. The molecule has 0 aromatic heterocycles. The zero-order valence-electron chi connectivity index (χ0n) is 10.0. The van der Waals surface area contributed by atoms with E-state index in [-0.39, 0.29) is 11.7 Å². The third-order valence-electron chi connectivity index (χ3n) is 3.03. The summed E-state index contributed by atoms with van der Waals surface area (Å²) in [4.78, 5) is 0. The molecule has 1 saturated heterocycles. The summed E-state index contributed by atoms with van der Waals surface area (Å²) < 4.78 is 27.8. The van der Waals surface area contributed by atoms with Crippen LogP contribution in [0.1, 0.15) is 12.8 Å². The normalized spacial score (nSPS) is 17.6. The Morgan fingerprint density at radius 2 is 1.83 bits per heavy atom. The van der Waals surface area contributed by atoms with E-state index >= 15 is 0 Å². The molecule has 1 aliphatic rings. The molecule has 0 saturated carbocycles. The Morgan fingerprint density at radius 3 is 2.44 bits per heavy atom. The van der Waals surface area contributed by atoms with E-state index in [1.165, 1.54) is 0 Å². The van der Waals surface area contributed by atoms with E-state index < -0.39 is 10.0 Å². The van der Waals surface area contributed by atoms with E-state index in [1.54, 1.807) is 12.1 Å². The van der Waals surface area contributed by atoms with Gasteiger partial charge in [-0.05, 0) is 78.7 Å². The molecule has 0 spiro atoms. The smallest absolute Gasteiger partial charge is 0.232 e. The molecule has 2 rings (SSSR count). The first-order chi connectivity index (χ1) is 8.55. The minimum absolute atomic E-state index is 0.223. The van der Waals surface area contributed by atoms with Crippen LogP contribution in [0.15, 0.2) is 24.3 Å². The summed E-state index contributed by atoms with van der Waals surface area (Å²) in [7, 11) is -3.23. The Labute approximate surface area is 122 Å². The number of piperidine rings is 1. The number of hydrogen-bond donors (Lipinski definition) is 2. The van der Waals surface area contributed by atoms with Gasteiger partial charge in [0.25, 0.3) is 0 Å². The third-order valence-corrected chi connectivity index (χ3v) is 5.21. The fourth-order valence-corrected chi connectivity index (χ4v) is 3.99. The maximum absolute atomic E-state index is 12.0. The van der Waals surface area contributed by atoms with Crippen LogP contribution in [-0.2, 0) is 10.0 Å². The van der Waals surface area contributed by atoms with Crippen molar-refractivity contribution in [3.05, 3.63) is 27.8 Å². The number of halogens is 1. The van der Waals surface area contributed by atoms with Gasteiger partial charge in [0.1, 0.15) is 0 Å². The van der Waals surface area contributed by atoms with Crippen LogP contribution in [0, 0.1) is 9.49 Å². The molecule has 1 aliphatic heterocycles. The van der Waals surface area contributed by atoms with Gasteiger partial charge in [0.2, 0.25) is 10.0 Å². The highest BCUT2D eigenvalue weighted by Gasteiger charge is 2.21. The number of rotatable bonds is 4. The molecule has 0 bridgehead atoms. The molecule has 100 valence electrons. The van der Waals surface area contributed by atoms with Crippen molar-refractivity contribution < 1.29 is 8.42 Å². The molecule has 0 atom stereocenters. The van der Waals surface area contributed by atoms with Crippen molar-refractivity contribution in [3.63, 3.8) is 0 Å². The summed E-state index contributed by atoms with van der Waals surface area (Å²) in [6.07, 6.45) is 1.88. The van der Waals surface area contributed by atoms with Crippen LogP contribution in [-0.4, -0.2) is 27.3 Å². The van der Waals surface area contributed by atoms with Crippen molar-refractivity contribution in [2.75, 3.05) is 23.6 Å². The maximum Gasteiger partial charge on any atom is 0.232 e. The lowest BCUT2D eigenvalue weighted by Crippen LogP contribution is -2.33. The van der Waals surface area contributed by atoms with Gasteiger partial charge in [-0.2, -0.15) is 0 Å². The number of sulfonamides is 1. The SMILES string of the molecule is O=S(=O)(CC1CCNCC1)Nc1ccc(I)cc1. The zero-order valence-corrected chi connectivity index (χ0v) is 13.0. The molecule has 1 aromatic rings. The molecule has 0 unspecified atom stereocenters. The van der Waals surface area contributed by atoms with E-state index in [2.05, 4.69) is 32.6 Å². The van der Waals surface area contributed by atoms with Gasteiger partial charge < -0.3 is 5.32 Å². The highest BCUT2D eigenvalue weighted by molar-refractivity contribution is 14.1. The zero-order chi connectivity index (χ0) is 13.0. The van der Waals surface area contributed by atoms with Crippen LogP contribution in [0.4, 0.5) is 5.69 Å². The second-order valence-corrected chi connectivity index (χ2v) is 7.60. The first kappa shape index (κ1) is 14.1. The number of anilines is 1. The average molecular weight is 380 g/mol. The summed E-state index contributed by atoms with van der Waals surface area (Å²) in [5.41, 5.74) is 0.643. The molecular weight excluding hydrogens is 363 g/mol. The van der Waals surface area contributed by atoms with Gasteiger partial charge in [0.15, 0.2) is 0 Å². The second kappa shape index (κ2) is 6.21. The van der Waals surface area contributed by atoms with Crippen LogP contribution in [0.25, 0.3) is 0 Å². The van der Waals surface area contributed by atoms with Crippen molar-refractivity contribution in [1.29, 1.82) is 0 Å². The highest BCUT2D eigenvalue weighted by atomic mass is 127. The minimum Gasteiger partial charge on any atom is -0.317 e. The Hall–Kier alpha value is -0.340. The van der Waals surface area contributed by atoms with Crippen molar-refractivity contribution in [2.24, 2.45) is 5.92 Å². The number of hydrogen-bond acceptors (Lipinski definition) is 3. The monoisotopic (exact) mass is 380 g/mol. The van der Waals surface area contributed by atoms with Crippen molar-refractivity contribution in [2.45, 2.75) is 12.8 Å². The lowest BCUT2D eigenvalue weighted by molar-refractivity contribution is 0.402. The van der Waals surface area contributed by atoms with Crippen LogP contribution in [0.5, 0.6) is 0 Å². The molecule has 0 amide bonds. The fraction of sp³-hybridized carbons (Fsp3) is 0.500. The molecular formula is C12H17IN2O2S. The number of nitrogens with one attached hydrogen (secondary N) is 2. The highest BCUT2D eigenvalue weighted by Crippen LogP contribution is 2.17. The predicted octanol–water partition coefficient (Wildman–Crippen LogP) is 2.03.